The molecule has 0 aromatic heterocycles. The zero-order valence-electron chi connectivity index (χ0n) is 18.7. The first kappa shape index (κ1) is 23.8. The number of nitrogens with zero attached hydrogens (tertiary/aromatic N) is 1. The lowest BCUT2D eigenvalue weighted by molar-refractivity contribution is -0.123. The van der Waals surface area contributed by atoms with E-state index in [2.05, 4.69) is 5.32 Å². The van der Waals surface area contributed by atoms with Crippen LogP contribution in [-0.2, 0) is 9.59 Å². The topological polar surface area (TPSA) is 67.9 Å². The Bertz CT molecular complexity index is 1080. The highest BCUT2D eigenvalue weighted by atomic mass is 32.2. The molecule has 6 nitrogen and oxygen atoms in total. The summed E-state index contributed by atoms with van der Waals surface area (Å²) in [6.07, 6.45) is 1.78. The first-order chi connectivity index (χ1) is 15.2. The SMILES string of the molecule is COc1cc(/C=C2\SC(=S)N(C(C)C)C2=O)ccc1OCC(=O)Nc1c(C)cccc1C. The number of ether oxygens (including phenoxy) is 2. The van der Waals surface area contributed by atoms with Crippen LogP contribution in [0.5, 0.6) is 11.5 Å². The standard InChI is InChI=1S/C24H26N2O4S2/c1-14(2)26-23(28)20(32-24(26)31)12-17-9-10-18(19(11-17)29-5)30-13-21(27)25-22-15(3)7-6-8-16(22)4/h6-12,14H,13H2,1-5H3,(H,25,27)/b20-12-. The number of rotatable bonds is 7. The van der Waals surface area contributed by atoms with Gasteiger partial charge in [-0.2, -0.15) is 0 Å². The maximum absolute atomic E-state index is 12.6. The largest absolute Gasteiger partial charge is 0.493 e. The number of anilines is 1. The fourth-order valence-corrected chi connectivity index (χ4v) is 4.82. The number of carbonyl (C=O) groups excluding carboxylic acids is 2. The lowest BCUT2D eigenvalue weighted by Crippen LogP contribution is -2.34. The normalized spacial score (nSPS) is 14.9. The van der Waals surface area contributed by atoms with Crippen molar-refractivity contribution in [1.29, 1.82) is 0 Å². The predicted octanol–water partition coefficient (Wildman–Crippen LogP) is 4.94. The Kier molecular flexibility index (Phi) is 7.58. The van der Waals surface area contributed by atoms with Gasteiger partial charge in [0.25, 0.3) is 11.8 Å². The lowest BCUT2D eigenvalue weighted by Gasteiger charge is -2.18. The lowest BCUT2D eigenvalue weighted by atomic mass is 10.1. The first-order valence-corrected chi connectivity index (χ1v) is 11.4. The summed E-state index contributed by atoms with van der Waals surface area (Å²) in [5.41, 5.74) is 3.55. The fraction of sp³-hybridized carbons (Fsp3) is 0.292. The minimum Gasteiger partial charge on any atom is -0.493 e. The number of thiocarbonyl (C=S) groups is 1. The van der Waals surface area contributed by atoms with Crippen LogP contribution in [-0.4, -0.2) is 40.8 Å². The smallest absolute Gasteiger partial charge is 0.266 e. The molecular formula is C24H26N2O4S2. The van der Waals surface area contributed by atoms with E-state index < -0.39 is 0 Å². The van der Waals surface area contributed by atoms with Crippen molar-refractivity contribution in [2.75, 3.05) is 19.0 Å². The van der Waals surface area contributed by atoms with E-state index in [4.69, 9.17) is 21.7 Å². The molecule has 3 rings (SSSR count). The Morgan fingerprint density at radius 1 is 1.19 bits per heavy atom. The van der Waals surface area contributed by atoms with Gasteiger partial charge in [0.2, 0.25) is 0 Å². The molecule has 8 heteroatoms. The number of para-hydroxylation sites is 1. The number of methoxy groups -OCH3 is 1. The van der Waals surface area contributed by atoms with Crippen LogP contribution in [0.25, 0.3) is 6.08 Å². The van der Waals surface area contributed by atoms with Gasteiger partial charge in [0.1, 0.15) is 4.32 Å². The van der Waals surface area contributed by atoms with Crippen LogP contribution in [0.2, 0.25) is 0 Å². The van der Waals surface area contributed by atoms with E-state index >= 15 is 0 Å². The molecule has 0 bridgehead atoms. The second-order valence-corrected chi connectivity index (χ2v) is 9.34. The zero-order valence-corrected chi connectivity index (χ0v) is 20.4. The highest BCUT2D eigenvalue weighted by Gasteiger charge is 2.33. The van der Waals surface area contributed by atoms with Gasteiger partial charge in [-0.05, 0) is 62.6 Å². The van der Waals surface area contributed by atoms with Crippen molar-refractivity contribution in [3.63, 3.8) is 0 Å². The molecule has 32 heavy (non-hydrogen) atoms. The summed E-state index contributed by atoms with van der Waals surface area (Å²) in [7, 11) is 1.53. The molecule has 0 atom stereocenters. The summed E-state index contributed by atoms with van der Waals surface area (Å²) < 4.78 is 11.7. The fourth-order valence-electron chi connectivity index (χ4n) is 3.30. The summed E-state index contributed by atoms with van der Waals surface area (Å²) in [6.45, 7) is 7.59. The number of nitrogens with one attached hydrogen (secondary N) is 1. The van der Waals surface area contributed by atoms with Gasteiger partial charge in [0.05, 0.1) is 12.0 Å². The molecule has 1 N–H and O–H groups in total. The molecule has 2 aromatic carbocycles. The average Bonchev–Trinajstić information content (AvgIpc) is 3.02. The average molecular weight is 471 g/mol. The molecule has 168 valence electrons. The van der Waals surface area contributed by atoms with Gasteiger partial charge in [0.15, 0.2) is 18.1 Å². The van der Waals surface area contributed by atoms with Crippen molar-refractivity contribution >= 4 is 51.9 Å². The van der Waals surface area contributed by atoms with Crippen LogP contribution in [0.1, 0.15) is 30.5 Å². The zero-order chi connectivity index (χ0) is 23.4. The van der Waals surface area contributed by atoms with Gasteiger partial charge in [-0.3, -0.25) is 14.5 Å². The molecule has 1 fully saturated rings. The molecule has 0 unspecified atom stereocenters. The van der Waals surface area contributed by atoms with Crippen LogP contribution >= 0.6 is 24.0 Å². The van der Waals surface area contributed by atoms with Gasteiger partial charge in [-0.1, -0.05) is 48.2 Å². The highest BCUT2D eigenvalue weighted by Crippen LogP contribution is 2.35. The van der Waals surface area contributed by atoms with E-state index in [-0.39, 0.29) is 24.5 Å². The summed E-state index contributed by atoms with van der Waals surface area (Å²) in [5.74, 6) is 0.553. The second-order valence-electron chi connectivity index (χ2n) is 7.66. The van der Waals surface area contributed by atoms with Gasteiger partial charge in [0, 0.05) is 11.7 Å². The predicted molar refractivity (Wildman–Crippen MR) is 133 cm³/mol. The van der Waals surface area contributed by atoms with Crippen molar-refractivity contribution in [1.82, 2.24) is 4.90 Å². The number of hydrogen-bond donors (Lipinski definition) is 1. The Labute approximate surface area is 198 Å². The molecule has 1 aliphatic heterocycles. The van der Waals surface area contributed by atoms with Gasteiger partial charge in [-0.15, -0.1) is 0 Å². The van der Waals surface area contributed by atoms with Crippen LogP contribution in [0.15, 0.2) is 41.3 Å². The van der Waals surface area contributed by atoms with Gasteiger partial charge < -0.3 is 14.8 Å². The number of thioether (sulfide) groups is 1. The molecular weight excluding hydrogens is 444 g/mol. The maximum atomic E-state index is 12.6. The second kappa shape index (κ2) is 10.2. The number of amides is 2. The molecule has 0 aliphatic carbocycles. The molecule has 0 radical (unpaired) electrons. The third kappa shape index (κ3) is 5.31. The van der Waals surface area contributed by atoms with Gasteiger partial charge >= 0.3 is 0 Å². The van der Waals surface area contributed by atoms with E-state index in [0.717, 1.165) is 22.4 Å². The van der Waals surface area contributed by atoms with E-state index in [1.54, 1.807) is 23.1 Å². The molecule has 1 saturated heterocycles. The molecule has 2 aromatic rings. The quantitative estimate of drug-likeness (QED) is 0.457. The minimum absolute atomic E-state index is 0.00770. The van der Waals surface area contributed by atoms with Crippen molar-refractivity contribution in [2.45, 2.75) is 33.7 Å². The monoisotopic (exact) mass is 470 g/mol. The third-order valence-electron chi connectivity index (χ3n) is 4.93. The van der Waals surface area contributed by atoms with E-state index in [0.29, 0.717) is 20.7 Å². The molecule has 2 amide bonds. The maximum Gasteiger partial charge on any atom is 0.266 e. The van der Waals surface area contributed by atoms with E-state index in [9.17, 15) is 9.59 Å². The number of carbonyl (C=O) groups is 2. The molecule has 1 aliphatic rings. The van der Waals surface area contributed by atoms with Crippen molar-refractivity contribution in [2.24, 2.45) is 0 Å². The Morgan fingerprint density at radius 3 is 2.47 bits per heavy atom. The van der Waals surface area contributed by atoms with Crippen molar-refractivity contribution < 1.29 is 19.1 Å². The summed E-state index contributed by atoms with van der Waals surface area (Å²) in [6, 6.07) is 11.1. The first-order valence-electron chi connectivity index (χ1n) is 10.1. The molecule has 1 heterocycles. The number of aryl methyl sites for hydroxylation is 2. The Hall–Kier alpha value is -2.84. The van der Waals surface area contributed by atoms with Crippen LogP contribution in [0, 0.1) is 13.8 Å². The van der Waals surface area contributed by atoms with Crippen LogP contribution < -0.4 is 14.8 Å². The summed E-state index contributed by atoms with van der Waals surface area (Å²) in [5, 5.41) is 2.90. The van der Waals surface area contributed by atoms with Crippen molar-refractivity contribution in [3.05, 3.63) is 58.0 Å². The minimum atomic E-state index is -0.258. The highest BCUT2D eigenvalue weighted by molar-refractivity contribution is 8.26. The van der Waals surface area contributed by atoms with Crippen molar-refractivity contribution in [3.8, 4) is 11.5 Å². The number of hydrogen-bond acceptors (Lipinski definition) is 6. The third-order valence-corrected chi connectivity index (χ3v) is 6.26. The van der Waals surface area contributed by atoms with E-state index in [1.807, 2.05) is 52.0 Å². The molecule has 0 spiro atoms. The van der Waals surface area contributed by atoms with Crippen LogP contribution in [0.4, 0.5) is 5.69 Å². The molecule has 0 saturated carbocycles. The van der Waals surface area contributed by atoms with Gasteiger partial charge in [-0.25, -0.2) is 0 Å². The van der Waals surface area contributed by atoms with Crippen LogP contribution in [0.3, 0.4) is 0 Å². The Balaban J connectivity index is 1.70. The number of benzene rings is 2. The summed E-state index contributed by atoms with van der Waals surface area (Å²) >= 11 is 6.61. The summed E-state index contributed by atoms with van der Waals surface area (Å²) in [4.78, 5) is 27.2. The Morgan fingerprint density at radius 2 is 1.88 bits per heavy atom. The van der Waals surface area contributed by atoms with E-state index in [1.165, 1.54) is 18.9 Å².